The van der Waals surface area contributed by atoms with Crippen LogP contribution >= 0.6 is 27.3 Å². The molecule has 0 spiro atoms. The number of halogens is 1. The van der Waals surface area contributed by atoms with Crippen LogP contribution in [0.5, 0.6) is 0 Å². The third-order valence-corrected chi connectivity index (χ3v) is 5.10. The van der Waals surface area contributed by atoms with Crippen LogP contribution in [0.1, 0.15) is 35.7 Å². The molecule has 1 aliphatic rings. The Labute approximate surface area is 91.5 Å². The molecule has 2 N–H and O–H groups in total. The van der Waals surface area contributed by atoms with Crippen LogP contribution in [-0.4, -0.2) is 0 Å². The fraction of sp³-hybridized carbons (Fsp3) is 0.600. The van der Waals surface area contributed by atoms with Gasteiger partial charge in [0.25, 0.3) is 0 Å². The molecule has 1 aromatic heterocycles. The van der Waals surface area contributed by atoms with Crippen LogP contribution in [0.15, 0.2) is 9.85 Å². The second kappa shape index (κ2) is 3.71. The fourth-order valence-electron chi connectivity index (χ4n) is 1.68. The molecule has 1 saturated carbocycles. The van der Waals surface area contributed by atoms with E-state index in [9.17, 15) is 0 Å². The standard InChI is InChI=1S/C10H14BrNS/c1-6-5-8(13-10(6)11)9(12)7-3-2-4-7/h5,7,9H,2-4,12H2,1H3. The van der Waals surface area contributed by atoms with Gasteiger partial charge in [0.05, 0.1) is 3.79 Å². The maximum absolute atomic E-state index is 6.17. The Hall–Kier alpha value is 0.140. The number of hydrogen-bond acceptors (Lipinski definition) is 2. The van der Waals surface area contributed by atoms with Crippen LogP contribution in [0.3, 0.4) is 0 Å². The smallest absolute Gasteiger partial charge is 0.0731 e. The highest BCUT2D eigenvalue weighted by Gasteiger charge is 2.26. The molecule has 3 heteroatoms. The molecule has 0 aliphatic heterocycles. The van der Waals surface area contributed by atoms with E-state index in [2.05, 4.69) is 28.9 Å². The van der Waals surface area contributed by atoms with Gasteiger partial charge in [-0.25, -0.2) is 0 Å². The lowest BCUT2D eigenvalue weighted by Crippen LogP contribution is -2.25. The summed E-state index contributed by atoms with van der Waals surface area (Å²) in [5, 5.41) is 0. The van der Waals surface area contributed by atoms with Gasteiger partial charge in [0, 0.05) is 10.9 Å². The summed E-state index contributed by atoms with van der Waals surface area (Å²) < 4.78 is 1.23. The Balaban J connectivity index is 2.14. The highest BCUT2D eigenvalue weighted by Crippen LogP contribution is 2.40. The Bertz CT molecular complexity index is 284. The molecule has 0 amide bonds. The number of hydrogen-bond donors (Lipinski definition) is 1. The van der Waals surface area contributed by atoms with Crippen molar-refractivity contribution >= 4 is 27.3 Å². The first-order chi connectivity index (χ1) is 6.18. The zero-order chi connectivity index (χ0) is 9.42. The van der Waals surface area contributed by atoms with Gasteiger partial charge in [-0.1, -0.05) is 6.42 Å². The summed E-state index contributed by atoms with van der Waals surface area (Å²) in [4.78, 5) is 1.34. The van der Waals surface area contributed by atoms with Crippen molar-refractivity contribution in [2.75, 3.05) is 0 Å². The van der Waals surface area contributed by atoms with Crippen LogP contribution in [-0.2, 0) is 0 Å². The van der Waals surface area contributed by atoms with E-state index in [-0.39, 0.29) is 6.04 Å². The van der Waals surface area contributed by atoms with Crippen molar-refractivity contribution in [3.8, 4) is 0 Å². The zero-order valence-electron chi connectivity index (χ0n) is 7.72. The van der Waals surface area contributed by atoms with E-state index < -0.39 is 0 Å². The lowest BCUT2D eigenvalue weighted by Gasteiger charge is -2.30. The molecular weight excluding hydrogens is 246 g/mol. The molecule has 0 aromatic carbocycles. The molecule has 1 atom stereocenters. The quantitative estimate of drug-likeness (QED) is 0.863. The van der Waals surface area contributed by atoms with Gasteiger partial charge in [0.1, 0.15) is 0 Å². The van der Waals surface area contributed by atoms with E-state index >= 15 is 0 Å². The van der Waals surface area contributed by atoms with Crippen molar-refractivity contribution in [3.63, 3.8) is 0 Å². The predicted molar refractivity (Wildman–Crippen MR) is 61.0 cm³/mol. The molecule has 1 fully saturated rings. The average molecular weight is 260 g/mol. The molecule has 13 heavy (non-hydrogen) atoms. The fourth-order valence-corrected chi connectivity index (χ4v) is 3.35. The third-order valence-electron chi connectivity index (χ3n) is 2.86. The minimum atomic E-state index is 0.281. The maximum atomic E-state index is 6.17. The summed E-state index contributed by atoms with van der Waals surface area (Å²) in [5.74, 6) is 0.741. The van der Waals surface area contributed by atoms with Crippen molar-refractivity contribution in [2.24, 2.45) is 11.7 Å². The average Bonchev–Trinajstić information content (AvgIpc) is 2.28. The van der Waals surface area contributed by atoms with Crippen LogP contribution in [0.4, 0.5) is 0 Å². The first kappa shape index (κ1) is 9.69. The molecule has 1 unspecified atom stereocenters. The number of nitrogens with two attached hydrogens (primary N) is 1. The first-order valence-electron chi connectivity index (χ1n) is 4.70. The lowest BCUT2D eigenvalue weighted by atomic mass is 9.79. The SMILES string of the molecule is Cc1cc(C(N)C2CCC2)sc1Br. The second-order valence-corrected chi connectivity index (χ2v) is 6.22. The number of aryl methyl sites for hydroxylation is 1. The van der Waals surface area contributed by atoms with E-state index in [1.807, 2.05) is 0 Å². The van der Waals surface area contributed by atoms with Gasteiger partial charge >= 0.3 is 0 Å². The normalized spacial score (nSPS) is 19.9. The molecule has 1 nitrogen and oxygen atoms in total. The summed E-state index contributed by atoms with van der Waals surface area (Å²) in [6.45, 7) is 2.12. The summed E-state index contributed by atoms with van der Waals surface area (Å²) in [6, 6.07) is 2.50. The largest absolute Gasteiger partial charge is 0.323 e. The predicted octanol–water partition coefficient (Wildman–Crippen LogP) is 3.62. The zero-order valence-corrected chi connectivity index (χ0v) is 10.1. The number of rotatable bonds is 2. The van der Waals surface area contributed by atoms with Crippen molar-refractivity contribution in [1.29, 1.82) is 0 Å². The van der Waals surface area contributed by atoms with Crippen molar-refractivity contribution in [1.82, 2.24) is 0 Å². The van der Waals surface area contributed by atoms with Gasteiger partial charge in [-0.2, -0.15) is 0 Å². The molecule has 72 valence electrons. The molecule has 0 radical (unpaired) electrons. The van der Waals surface area contributed by atoms with Crippen LogP contribution in [0, 0.1) is 12.8 Å². The maximum Gasteiger partial charge on any atom is 0.0731 e. The highest BCUT2D eigenvalue weighted by molar-refractivity contribution is 9.11. The van der Waals surface area contributed by atoms with Crippen molar-refractivity contribution < 1.29 is 0 Å². The minimum Gasteiger partial charge on any atom is -0.323 e. The van der Waals surface area contributed by atoms with E-state index in [0.717, 1.165) is 5.92 Å². The Morgan fingerprint density at radius 1 is 1.62 bits per heavy atom. The Kier molecular flexibility index (Phi) is 2.77. The van der Waals surface area contributed by atoms with Gasteiger partial charge in [-0.3, -0.25) is 0 Å². The summed E-state index contributed by atoms with van der Waals surface area (Å²) >= 11 is 5.33. The molecular formula is C10H14BrNS. The highest BCUT2D eigenvalue weighted by atomic mass is 79.9. The van der Waals surface area contributed by atoms with Gasteiger partial charge in [-0.05, 0) is 53.2 Å². The van der Waals surface area contributed by atoms with Gasteiger partial charge < -0.3 is 5.73 Å². The topological polar surface area (TPSA) is 26.0 Å². The molecule has 1 heterocycles. The van der Waals surface area contributed by atoms with E-state index in [0.29, 0.717) is 0 Å². The molecule has 0 bridgehead atoms. The Morgan fingerprint density at radius 3 is 2.69 bits per heavy atom. The van der Waals surface area contributed by atoms with E-state index in [1.165, 1.54) is 33.5 Å². The second-order valence-electron chi connectivity index (χ2n) is 3.82. The number of thiophene rings is 1. The van der Waals surface area contributed by atoms with Gasteiger partial charge in [0.15, 0.2) is 0 Å². The van der Waals surface area contributed by atoms with Gasteiger partial charge in [0.2, 0.25) is 0 Å². The summed E-state index contributed by atoms with van der Waals surface area (Å²) in [7, 11) is 0. The molecule has 1 aliphatic carbocycles. The lowest BCUT2D eigenvalue weighted by molar-refractivity contribution is 0.267. The molecule has 2 rings (SSSR count). The Morgan fingerprint density at radius 2 is 2.31 bits per heavy atom. The minimum absolute atomic E-state index is 0.281. The van der Waals surface area contributed by atoms with Crippen molar-refractivity contribution in [2.45, 2.75) is 32.2 Å². The third kappa shape index (κ3) is 1.83. The van der Waals surface area contributed by atoms with Crippen molar-refractivity contribution in [3.05, 3.63) is 20.3 Å². The molecule has 0 saturated heterocycles. The first-order valence-corrected chi connectivity index (χ1v) is 6.31. The van der Waals surface area contributed by atoms with Crippen LogP contribution in [0.2, 0.25) is 0 Å². The van der Waals surface area contributed by atoms with Crippen LogP contribution in [0.25, 0.3) is 0 Å². The summed E-state index contributed by atoms with van der Waals surface area (Å²) in [6.07, 6.45) is 4.00. The summed E-state index contributed by atoms with van der Waals surface area (Å²) in [5.41, 5.74) is 7.49. The van der Waals surface area contributed by atoms with E-state index in [1.54, 1.807) is 11.3 Å². The van der Waals surface area contributed by atoms with Gasteiger partial charge in [-0.15, -0.1) is 11.3 Å². The van der Waals surface area contributed by atoms with E-state index in [4.69, 9.17) is 5.73 Å². The molecule has 1 aromatic rings. The monoisotopic (exact) mass is 259 g/mol. The van der Waals surface area contributed by atoms with Crippen LogP contribution < -0.4 is 5.73 Å².